The summed E-state index contributed by atoms with van der Waals surface area (Å²) in [6, 6.07) is 28.2. The molecule has 1 aliphatic heterocycles. The van der Waals surface area contributed by atoms with Crippen molar-refractivity contribution in [3.63, 3.8) is 0 Å². The van der Waals surface area contributed by atoms with Crippen LogP contribution in [0.4, 0.5) is 24.5 Å². The number of benzene rings is 3. The Morgan fingerprint density at radius 3 is 2.11 bits per heavy atom. The Labute approximate surface area is 349 Å². The monoisotopic (exact) mass is 831 g/mol. The fourth-order valence-electron chi connectivity index (χ4n) is 7.66. The number of hydrogen-bond acceptors (Lipinski definition) is 11. The molecule has 0 radical (unpaired) electrons. The van der Waals surface area contributed by atoms with Crippen LogP contribution in [0, 0.1) is 5.82 Å². The molecular formula is C44H44F3N11O3. The Bertz CT molecular complexity index is 2550. The maximum atomic E-state index is 16.2. The standard InChI is InChI=1S/C44H44F3N11O3/c1-3-39(31(2)61-27-32-7-5-4-6-8-32)58-42(59)57(30-51-58)41-20-18-38(26-49-41)55-23-21-54(22-24-55)37-16-9-33(10-17-37)34-11-19-40(48-25-34)44(46,47)43(60,28-56-29-50-52-53-56)35-12-14-36(45)15-13-35/h4-20,25-26,29-31,39,60H,3,21-24,27-28H2,1-2H3. The Balaban J connectivity index is 0.880. The molecule has 61 heavy (non-hydrogen) atoms. The molecule has 0 bridgehead atoms. The molecular weight excluding hydrogens is 788 g/mol. The largest absolute Gasteiger partial charge is 0.377 e. The Morgan fingerprint density at radius 1 is 0.803 bits per heavy atom. The van der Waals surface area contributed by atoms with Gasteiger partial charge in [-0.2, -0.15) is 13.9 Å². The zero-order chi connectivity index (χ0) is 42.6. The fraction of sp³-hybridized carbons (Fsp3) is 0.295. The highest BCUT2D eigenvalue weighted by Crippen LogP contribution is 2.46. The zero-order valence-corrected chi connectivity index (χ0v) is 33.5. The summed E-state index contributed by atoms with van der Waals surface area (Å²) in [4.78, 5) is 26.7. The molecule has 3 atom stereocenters. The third-order valence-corrected chi connectivity index (χ3v) is 11.2. The maximum absolute atomic E-state index is 16.2. The van der Waals surface area contributed by atoms with E-state index in [1.54, 1.807) is 6.20 Å². The minimum absolute atomic E-state index is 0.221. The van der Waals surface area contributed by atoms with Crippen LogP contribution in [0.1, 0.15) is 43.1 Å². The van der Waals surface area contributed by atoms with Gasteiger partial charge in [0.25, 0.3) is 0 Å². The normalized spacial score (nSPS) is 15.4. The number of nitrogens with zero attached hydrogens (tertiary/aromatic N) is 11. The number of rotatable bonds is 15. The molecule has 0 saturated carbocycles. The first kappa shape index (κ1) is 41.0. The van der Waals surface area contributed by atoms with Crippen molar-refractivity contribution in [1.29, 1.82) is 0 Å². The number of hydrogen-bond donors (Lipinski definition) is 1. The van der Waals surface area contributed by atoms with Gasteiger partial charge in [-0.3, -0.25) is 4.98 Å². The summed E-state index contributed by atoms with van der Waals surface area (Å²) in [5.41, 5.74) is 0.398. The van der Waals surface area contributed by atoms with E-state index in [4.69, 9.17) is 4.74 Å². The molecule has 0 aliphatic carbocycles. The van der Waals surface area contributed by atoms with Gasteiger partial charge in [-0.05, 0) is 82.9 Å². The quantitative estimate of drug-likeness (QED) is 0.127. The fourth-order valence-corrected chi connectivity index (χ4v) is 7.66. The van der Waals surface area contributed by atoms with Gasteiger partial charge in [-0.15, -0.1) is 5.10 Å². The number of halogens is 3. The van der Waals surface area contributed by atoms with Gasteiger partial charge in [0, 0.05) is 43.6 Å². The number of ether oxygens (including phenoxy) is 1. The summed E-state index contributed by atoms with van der Waals surface area (Å²) in [5, 5.41) is 26.6. The number of anilines is 2. The van der Waals surface area contributed by atoms with Crippen LogP contribution in [-0.2, 0) is 29.4 Å². The van der Waals surface area contributed by atoms with E-state index in [2.05, 4.69) is 40.4 Å². The van der Waals surface area contributed by atoms with Gasteiger partial charge < -0.3 is 19.6 Å². The average molecular weight is 832 g/mol. The number of piperazine rings is 1. The molecule has 3 unspecified atom stereocenters. The highest BCUT2D eigenvalue weighted by Gasteiger charge is 2.56. The lowest BCUT2D eigenvalue weighted by molar-refractivity contribution is -0.206. The first-order valence-corrected chi connectivity index (χ1v) is 20.0. The molecule has 3 aromatic carbocycles. The van der Waals surface area contributed by atoms with Gasteiger partial charge in [0.1, 0.15) is 30.0 Å². The van der Waals surface area contributed by atoms with E-state index in [9.17, 15) is 14.3 Å². The average Bonchev–Trinajstić information content (AvgIpc) is 3.96. The third-order valence-electron chi connectivity index (χ3n) is 11.2. The van der Waals surface area contributed by atoms with Crippen LogP contribution < -0.4 is 15.5 Å². The molecule has 5 heterocycles. The van der Waals surface area contributed by atoms with Crippen molar-refractivity contribution in [2.24, 2.45) is 0 Å². The van der Waals surface area contributed by atoms with Gasteiger partial charge in [0.15, 0.2) is 5.60 Å². The van der Waals surface area contributed by atoms with Gasteiger partial charge in [0.05, 0.1) is 37.2 Å². The first-order chi connectivity index (χ1) is 29.5. The van der Waals surface area contributed by atoms with Crippen LogP contribution in [0.25, 0.3) is 16.9 Å². The van der Waals surface area contributed by atoms with Crippen molar-refractivity contribution in [3.8, 4) is 16.9 Å². The van der Waals surface area contributed by atoms with Crippen molar-refractivity contribution >= 4 is 11.4 Å². The van der Waals surface area contributed by atoms with E-state index < -0.39 is 29.6 Å². The van der Waals surface area contributed by atoms with Gasteiger partial charge in [-0.1, -0.05) is 67.6 Å². The second kappa shape index (κ2) is 17.5. The van der Waals surface area contributed by atoms with E-state index in [-0.39, 0.29) is 23.4 Å². The van der Waals surface area contributed by atoms with Crippen molar-refractivity contribution in [3.05, 3.63) is 161 Å². The number of pyridine rings is 2. The lowest BCUT2D eigenvalue weighted by atomic mass is 9.85. The second-order valence-electron chi connectivity index (χ2n) is 15.0. The molecule has 1 saturated heterocycles. The predicted octanol–water partition coefficient (Wildman–Crippen LogP) is 6.18. The Morgan fingerprint density at radius 2 is 1.49 bits per heavy atom. The topological polar surface area (TPSA) is 145 Å². The van der Waals surface area contributed by atoms with Crippen molar-refractivity contribution in [1.82, 2.24) is 44.5 Å². The molecule has 0 amide bonds. The first-order valence-electron chi connectivity index (χ1n) is 20.0. The summed E-state index contributed by atoms with van der Waals surface area (Å²) in [5.74, 6) is -4.07. The van der Waals surface area contributed by atoms with Crippen molar-refractivity contribution in [2.45, 2.75) is 57.1 Å². The van der Waals surface area contributed by atoms with Crippen molar-refractivity contribution in [2.75, 3.05) is 36.0 Å². The van der Waals surface area contributed by atoms with Gasteiger partial charge >= 0.3 is 11.6 Å². The Hall–Kier alpha value is -6.72. The SMILES string of the molecule is CCC(C(C)OCc1ccccc1)n1ncn(-c2ccc(N3CCN(c4ccc(-c5ccc(C(F)(F)C(O)(Cn6cnnn6)c6ccc(F)cc6)nc5)cc4)CC3)cn2)c1=O. The summed E-state index contributed by atoms with van der Waals surface area (Å²) in [6.07, 6.45) is 6.17. The molecule has 4 aromatic heterocycles. The maximum Gasteiger partial charge on any atom is 0.351 e. The molecule has 314 valence electrons. The molecule has 1 N–H and O–H groups in total. The van der Waals surface area contributed by atoms with Crippen LogP contribution in [0.15, 0.2) is 133 Å². The van der Waals surface area contributed by atoms with E-state index in [0.717, 1.165) is 84.0 Å². The summed E-state index contributed by atoms with van der Waals surface area (Å²) in [7, 11) is 0. The summed E-state index contributed by atoms with van der Waals surface area (Å²) < 4.78 is 56.2. The number of alkyl halides is 2. The van der Waals surface area contributed by atoms with E-state index in [0.29, 0.717) is 24.4 Å². The molecule has 7 aromatic rings. The lowest BCUT2D eigenvalue weighted by Crippen LogP contribution is -2.47. The van der Waals surface area contributed by atoms with E-state index >= 15 is 8.78 Å². The summed E-state index contributed by atoms with van der Waals surface area (Å²) in [6.45, 7) is 6.71. The molecule has 14 nitrogen and oxygen atoms in total. The number of aromatic nitrogens is 9. The molecule has 8 rings (SSSR count). The smallest absolute Gasteiger partial charge is 0.351 e. The van der Waals surface area contributed by atoms with Gasteiger partial charge in [0.2, 0.25) is 0 Å². The van der Waals surface area contributed by atoms with Gasteiger partial charge in [-0.25, -0.2) is 28.1 Å². The molecule has 0 spiro atoms. The van der Waals surface area contributed by atoms with E-state index in [1.807, 2.05) is 80.6 Å². The minimum atomic E-state index is -3.92. The lowest BCUT2D eigenvalue weighted by Gasteiger charge is -2.37. The highest BCUT2D eigenvalue weighted by atomic mass is 19.3. The van der Waals surface area contributed by atoms with E-state index in [1.165, 1.54) is 33.9 Å². The van der Waals surface area contributed by atoms with Crippen LogP contribution in [0.2, 0.25) is 0 Å². The Kier molecular flexibility index (Phi) is 11.8. The van der Waals surface area contributed by atoms with Crippen LogP contribution in [-0.4, -0.2) is 81.9 Å². The third kappa shape index (κ3) is 8.51. The van der Waals surface area contributed by atoms with Crippen LogP contribution in [0.5, 0.6) is 0 Å². The predicted molar refractivity (Wildman–Crippen MR) is 222 cm³/mol. The second-order valence-corrected chi connectivity index (χ2v) is 15.0. The van der Waals surface area contributed by atoms with Crippen LogP contribution in [0.3, 0.4) is 0 Å². The van der Waals surface area contributed by atoms with Crippen molar-refractivity contribution < 1.29 is 23.0 Å². The number of aliphatic hydroxyl groups is 1. The molecule has 1 fully saturated rings. The minimum Gasteiger partial charge on any atom is -0.377 e. The molecule has 1 aliphatic rings. The zero-order valence-electron chi connectivity index (χ0n) is 33.5. The number of tetrazole rings is 1. The highest BCUT2D eigenvalue weighted by molar-refractivity contribution is 5.66. The summed E-state index contributed by atoms with van der Waals surface area (Å²) >= 11 is 0. The van der Waals surface area contributed by atoms with Crippen LogP contribution >= 0.6 is 0 Å². The molecule has 17 heteroatoms.